The molecule has 94 valence electrons. The lowest BCUT2D eigenvalue weighted by molar-refractivity contribution is 0.616. The van der Waals surface area contributed by atoms with Crippen molar-refractivity contribution in [2.75, 3.05) is 11.6 Å². The van der Waals surface area contributed by atoms with E-state index in [0.29, 0.717) is 12.1 Å². The molecule has 0 amide bonds. The van der Waals surface area contributed by atoms with E-state index in [2.05, 4.69) is 23.7 Å². The number of hydrogen-bond acceptors (Lipinski definition) is 2. The van der Waals surface area contributed by atoms with Crippen molar-refractivity contribution in [2.24, 2.45) is 0 Å². The molecule has 0 saturated carbocycles. The van der Waals surface area contributed by atoms with Crippen molar-refractivity contribution in [3.05, 3.63) is 59.4 Å². The highest BCUT2D eigenvalue weighted by atomic mass is 32.2. The van der Waals surface area contributed by atoms with Gasteiger partial charge in [0.15, 0.2) is 0 Å². The van der Waals surface area contributed by atoms with Gasteiger partial charge in [-0.2, -0.15) is 0 Å². The molecule has 3 heteroatoms. The second-order valence-electron chi connectivity index (χ2n) is 4.17. The molecular formula is C15H16FNS. The summed E-state index contributed by atoms with van der Waals surface area (Å²) in [6, 6.07) is 13.5. The number of thioether (sulfide) groups is 1. The highest BCUT2D eigenvalue weighted by molar-refractivity contribution is 7.98. The number of anilines is 1. The lowest BCUT2D eigenvalue weighted by Crippen LogP contribution is -2.00. The quantitative estimate of drug-likeness (QED) is 0.815. The summed E-state index contributed by atoms with van der Waals surface area (Å²) in [5.74, 6) is -0.146. The van der Waals surface area contributed by atoms with E-state index < -0.39 is 0 Å². The van der Waals surface area contributed by atoms with Crippen molar-refractivity contribution in [1.82, 2.24) is 0 Å². The predicted octanol–water partition coefficient (Wildman–Crippen LogP) is 4.47. The molecule has 18 heavy (non-hydrogen) atoms. The molecule has 0 aromatic heterocycles. The molecule has 0 heterocycles. The third-order valence-corrected chi connectivity index (χ3v) is 3.53. The van der Waals surface area contributed by atoms with Crippen LogP contribution >= 0.6 is 11.8 Å². The van der Waals surface area contributed by atoms with Crippen LogP contribution in [-0.4, -0.2) is 6.26 Å². The number of aryl methyl sites for hydroxylation is 1. The van der Waals surface area contributed by atoms with E-state index in [9.17, 15) is 4.39 Å². The summed E-state index contributed by atoms with van der Waals surface area (Å²) in [7, 11) is 0. The predicted molar refractivity (Wildman–Crippen MR) is 76.7 cm³/mol. The van der Waals surface area contributed by atoms with Crippen molar-refractivity contribution in [1.29, 1.82) is 0 Å². The summed E-state index contributed by atoms with van der Waals surface area (Å²) in [4.78, 5) is 1.22. The van der Waals surface area contributed by atoms with E-state index >= 15 is 0 Å². The molecule has 0 atom stereocenters. The molecule has 0 bridgehead atoms. The molecule has 0 radical (unpaired) electrons. The molecule has 0 unspecified atom stereocenters. The maximum Gasteiger partial charge on any atom is 0.126 e. The fourth-order valence-corrected chi connectivity index (χ4v) is 2.14. The van der Waals surface area contributed by atoms with Crippen molar-refractivity contribution in [3.8, 4) is 0 Å². The van der Waals surface area contributed by atoms with Crippen LogP contribution < -0.4 is 5.32 Å². The maximum atomic E-state index is 13.4. The standard InChI is InChI=1S/C15H16FNS/c1-11-6-7-12(8-15(11)16)10-17-13-4-3-5-14(9-13)18-2/h3-9,17H,10H2,1-2H3. The molecule has 2 rings (SSSR count). The van der Waals surface area contributed by atoms with E-state index in [1.165, 1.54) is 4.90 Å². The van der Waals surface area contributed by atoms with Gasteiger partial charge in [-0.25, -0.2) is 4.39 Å². The summed E-state index contributed by atoms with van der Waals surface area (Å²) in [6.45, 7) is 2.41. The number of hydrogen-bond donors (Lipinski definition) is 1. The third-order valence-electron chi connectivity index (χ3n) is 2.80. The summed E-state index contributed by atoms with van der Waals surface area (Å²) < 4.78 is 13.4. The first-order valence-electron chi connectivity index (χ1n) is 5.82. The lowest BCUT2D eigenvalue weighted by atomic mass is 10.1. The van der Waals surface area contributed by atoms with Crippen LogP contribution in [0, 0.1) is 12.7 Å². The minimum absolute atomic E-state index is 0.146. The van der Waals surface area contributed by atoms with Gasteiger partial charge in [0.1, 0.15) is 5.82 Å². The molecule has 2 aromatic rings. The van der Waals surface area contributed by atoms with E-state index in [1.807, 2.05) is 24.3 Å². The maximum absolute atomic E-state index is 13.4. The van der Waals surface area contributed by atoms with E-state index in [1.54, 1.807) is 24.8 Å². The van der Waals surface area contributed by atoms with Crippen LogP contribution in [0.15, 0.2) is 47.4 Å². The smallest absolute Gasteiger partial charge is 0.126 e. The fraction of sp³-hybridized carbons (Fsp3) is 0.200. The van der Waals surface area contributed by atoms with Crippen molar-refractivity contribution >= 4 is 17.4 Å². The van der Waals surface area contributed by atoms with Gasteiger partial charge in [-0.05, 0) is 48.6 Å². The topological polar surface area (TPSA) is 12.0 Å². The molecule has 1 N–H and O–H groups in total. The van der Waals surface area contributed by atoms with Crippen LogP contribution in [0.2, 0.25) is 0 Å². The van der Waals surface area contributed by atoms with E-state index in [-0.39, 0.29) is 5.82 Å². The Morgan fingerprint density at radius 2 is 2.00 bits per heavy atom. The molecule has 0 aliphatic heterocycles. The number of benzene rings is 2. The highest BCUT2D eigenvalue weighted by Crippen LogP contribution is 2.19. The summed E-state index contributed by atoms with van der Waals surface area (Å²) in [5, 5.41) is 3.30. The van der Waals surface area contributed by atoms with Gasteiger partial charge in [-0.3, -0.25) is 0 Å². The van der Waals surface area contributed by atoms with Gasteiger partial charge < -0.3 is 5.32 Å². The number of rotatable bonds is 4. The molecular weight excluding hydrogens is 245 g/mol. The number of nitrogens with one attached hydrogen (secondary N) is 1. The van der Waals surface area contributed by atoms with Crippen LogP contribution in [0.1, 0.15) is 11.1 Å². The van der Waals surface area contributed by atoms with Gasteiger partial charge in [-0.1, -0.05) is 18.2 Å². The first-order chi connectivity index (χ1) is 8.69. The van der Waals surface area contributed by atoms with Crippen LogP contribution in [0.5, 0.6) is 0 Å². The van der Waals surface area contributed by atoms with E-state index in [0.717, 1.165) is 11.3 Å². The Morgan fingerprint density at radius 1 is 1.17 bits per heavy atom. The van der Waals surface area contributed by atoms with Gasteiger partial charge in [0.05, 0.1) is 0 Å². The Bertz CT molecular complexity index is 540. The molecule has 0 spiro atoms. The first kappa shape index (κ1) is 13.0. The Balaban J connectivity index is 2.04. The number of halogens is 1. The molecule has 1 nitrogen and oxygen atoms in total. The average Bonchev–Trinajstić information content (AvgIpc) is 2.40. The van der Waals surface area contributed by atoms with Crippen LogP contribution in [-0.2, 0) is 6.54 Å². The average molecular weight is 261 g/mol. The molecule has 2 aromatic carbocycles. The van der Waals surface area contributed by atoms with Gasteiger partial charge >= 0.3 is 0 Å². The Labute approximate surface area is 111 Å². The highest BCUT2D eigenvalue weighted by Gasteiger charge is 2.00. The van der Waals surface area contributed by atoms with Crippen molar-refractivity contribution < 1.29 is 4.39 Å². The van der Waals surface area contributed by atoms with Gasteiger partial charge in [-0.15, -0.1) is 11.8 Å². The molecule has 0 aliphatic rings. The Morgan fingerprint density at radius 3 is 2.72 bits per heavy atom. The second-order valence-corrected chi connectivity index (χ2v) is 5.05. The molecule has 0 saturated heterocycles. The van der Waals surface area contributed by atoms with Crippen LogP contribution in [0.3, 0.4) is 0 Å². The minimum Gasteiger partial charge on any atom is -0.381 e. The van der Waals surface area contributed by atoms with Crippen molar-refractivity contribution in [3.63, 3.8) is 0 Å². The lowest BCUT2D eigenvalue weighted by Gasteiger charge is -2.08. The van der Waals surface area contributed by atoms with Crippen LogP contribution in [0.25, 0.3) is 0 Å². The SMILES string of the molecule is CSc1cccc(NCc2ccc(C)c(F)c2)c1. The van der Waals surface area contributed by atoms with Crippen molar-refractivity contribution in [2.45, 2.75) is 18.4 Å². The summed E-state index contributed by atoms with van der Waals surface area (Å²) in [5.41, 5.74) is 2.69. The summed E-state index contributed by atoms with van der Waals surface area (Å²) in [6.07, 6.45) is 2.05. The molecule has 0 aliphatic carbocycles. The summed E-state index contributed by atoms with van der Waals surface area (Å²) >= 11 is 1.71. The Hall–Kier alpha value is -1.48. The Kier molecular flexibility index (Phi) is 4.26. The molecule has 0 fully saturated rings. The zero-order valence-electron chi connectivity index (χ0n) is 10.5. The minimum atomic E-state index is -0.146. The monoisotopic (exact) mass is 261 g/mol. The first-order valence-corrected chi connectivity index (χ1v) is 7.04. The fourth-order valence-electron chi connectivity index (χ4n) is 1.68. The largest absolute Gasteiger partial charge is 0.381 e. The van der Waals surface area contributed by atoms with Gasteiger partial charge in [0.2, 0.25) is 0 Å². The third kappa shape index (κ3) is 3.26. The normalized spacial score (nSPS) is 10.4. The zero-order chi connectivity index (χ0) is 13.0. The van der Waals surface area contributed by atoms with Gasteiger partial charge in [0, 0.05) is 17.1 Å². The van der Waals surface area contributed by atoms with Gasteiger partial charge in [0.25, 0.3) is 0 Å². The van der Waals surface area contributed by atoms with E-state index in [4.69, 9.17) is 0 Å². The van der Waals surface area contributed by atoms with Crippen LogP contribution in [0.4, 0.5) is 10.1 Å². The zero-order valence-corrected chi connectivity index (χ0v) is 11.4. The second kappa shape index (κ2) is 5.91.